The topological polar surface area (TPSA) is 56.5 Å². The van der Waals surface area contributed by atoms with Gasteiger partial charge < -0.3 is 9.15 Å². The lowest BCUT2D eigenvalue weighted by Crippen LogP contribution is -2.26. The zero-order chi connectivity index (χ0) is 14.4. The minimum atomic E-state index is -0.438. The molecule has 1 aliphatic rings. The smallest absolute Gasteiger partial charge is 0.343 e. The second kappa shape index (κ2) is 4.56. The maximum atomic E-state index is 12.3. The van der Waals surface area contributed by atoms with Gasteiger partial charge in [0.05, 0.1) is 17.4 Å². The van der Waals surface area contributed by atoms with E-state index in [2.05, 4.69) is 0 Å². The van der Waals surface area contributed by atoms with Crippen LogP contribution in [0, 0.1) is 0 Å². The summed E-state index contributed by atoms with van der Waals surface area (Å²) in [4.78, 5) is 24.3. The Balaban J connectivity index is 2.06. The number of hydrogen-bond acceptors (Lipinski definition) is 5. The van der Waals surface area contributed by atoms with Crippen LogP contribution in [-0.4, -0.2) is 5.97 Å². The first kappa shape index (κ1) is 12.3. The fourth-order valence-corrected chi connectivity index (χ4v) is 3.44. The molecule has 0 aliphatic carbocycles. The van der Waals surface area contributed by atoms with Crippen molar-refractivity contribution in [1.29, 1.82) is 0 Å². The van der Waals surface area contributed by atoms with E-state index in [-0.39, 0.29) is 18.3 Å². The average molecular weight is 298 g/mol. The van der Waals surface area contributed by atoms with Crippen molar-refractivity contribution in [1.82, 2.24) is 0 Å². The highest BCUT2D eigenvalue weighted by atomic mass is 32.1. The van der Waals surface area contributed by atoms with Gasteiger partial charge in [0, 0.05) is 5.92 Å². The molecule has 104 valence electrons. The number of carbonyl (C=O) groups excluding carboxylic acids is 1. The number of benzene rings is 1. The number of thiophene rings is 1. The van der Waals surface area contributed by atoms with Crippen molar-refractivity contribution in [3.05, 3.63) is 62.6 Å². The van der Waals surface area contributed by atoms with Gasteiger partial charge in [-0.1, -0.05) is 12.1 Å². The fourth-order valence-electron chi connectivity index (χ4n) is 2.73. The van der Waals surface area contributed by atoms with E-state index in [1.165, 1.54) is 11.3 Å². The molecule has 3 heterocycles. The highest BCUT2D eigenvalue weighted by Crippen LogP contribution is 2.40. The molecule has 0 spiro atoms. The number of para-hydroxylation sites is 1. The Morgan fingerprint density at radius 1 is 1.14 bits per heavy atom. The molecule has 0 saturated heterocycles. The van der Waals surface area contributed by atoms with Crippen molar-refractivity contribution < 1.29 is 13.9 Å². The summed E-state index contributed by atoms with van der Waals surface area (Å²) in [5.74, 6) is -0.280. The third-order valence-corrected chi connectivity index (χ3v) is 4.38. The minimum absolute atomic E-state index is 0.160. The van der Waals surface area contributed by atoms with E-state index in [0.717, 1.165) is 5.56 Å². The van der Waals surface area contributed by atoms with E-state index < -0.39 is 5.63 Å². The zero-order valence-electron chi connectivity index (χ0n) is 10.9. The van der Waals surface area contributed by atoms with E-state index in [1.54, 1.807) is 18.2 Å². The molecule has 4 rings (SSSR count). The van der Waals surface area contributed by atoms with Gasteiger partial charge in [-0.05, 0) is 34.5 Å². The molecule has 4 nitrogen and oxygen atoms in total. The second-order valence-electron chi connectivity index (χ2n) is 4.92. The Labute approximate surface area is 123 Å². The molecular weight excluding hydrogens is 288 g/mol. The van der Waals surface area contributed by atoms with Gasteiger partial charge in [0.2, 0.25) is 0 Å². The standard InChI is InChI=1S/C16H10O4S/c17-13-7-11(9-5-6-21-8-9)14-15(20-13)10-3-1-2-4-12(10)19-16(14)18/h1-6,8,11H,7H2/t11-/m0/s1. The average Bonchev–Trinajstić information content (AvgIpc) is 3.00. The minimum Gasteiger partial charge on any atom is -0.425 e. The molecule has 21 heavy (non-hydrogen) atoms. The summed E-state index contributed by atoms with van der Waals surface area (Å²) in [6.45, 7) is 0. The van der Waals surface area contributed by atoms with Crippen LogP contribution in [0.4, 0.5) is 0 Å². The van der Waals surface area contributed by atoms with Gasteiger partial charge in [0.1, 0.15) is 5.58 Å². The summed E-state index contributed by atoms with van der Waals surface area (Å²) < 4.78 is 10.7. The molecule has 0 radical (unpaired) electrons. The van der Waals surface area contributed by atoms with Gasteiger partial charge in [0.25, 0.3) is 0 Å². The van der Waals surface area contributed by atoms with Crippen LogP contribution in [0.15, 0.2) is 50.3 Å². The molecule has 0 bridgehead atoms. The molecule has 0 saturated carbocycles. The van der Waals surface area contributed by atoms with Crippen molar-refractivity contribution in [3.63, 3.8) is 0 Å². The highest BCUT2D eigenvalue weighted by molar-refractivity contribution is 7.08. The van der Waals surface area contributed by atoms with E-state index in [4.69, 9.17) is 9.15 Å². The molecule has 0 unspecified atom stereocenters. The Kier molecular flexibility index (Phi) is 2.68. The van der Waals surface area contributed by atoms with Crippen LogP contribution < -0.4 is 10.4 Å². The third kappa shape index (κ3) is 1.89. The number of fused-ring (bicyclic) bond motifs is 3. The van der Waals surface area contributed by atoms with Crippen molar-refractivity contribution in [2.75, 3.05) is 0 Å². The first-order chi connectivity index (χ1) is 10.2. The number of ether oxygens (including phenoxy) is 1. The Hall–Kier alpha value is -2.40. The van der Waals surface area contributed by atoms with Crippen LogP contribution in [-0.2, 0) is 4.79 Å². The number of carbonyl (C=O) groups is 1. The molecule has 3 aromatic rings. The molecule has 1 atom stereocenters. The van der Waals surface area contributed by atoms with Gasteiger partial charge >= 0.3 is 11.6 Å². The lowest BCUT2D eigenvalue weighted by atomic mass is 9.88. The van der Waals surface area contributed by atoms with Gasteiger partial charge in [0.15, 0.2) is 5.75 Å². The van der Waals surface area contributed by atoms with E-state index in [0.29, 0.717) is 22.3 Å². The van der Waals surface area contributed by atoms with Gasteiger partial charge in [-0.2, -0.15) is 11.3 Å². The fraction of sp³-hybridized carbons (Fsp3) is 0.125. The van der Waals surface area contributed by atoms with Crippen LogP contribution in [0.5, 0.6) is 5.75 Å². The normalized spacial score (nSPS) is 17.5. The third-order valence-electron chi connectivity index (χ3n) is 3.68. The van der Waals surface area contributed by atoms with Gasteiger partial charge in [-0.15, -0.1) is 0 Å². The lowest BCUT2D eigenvalue weighted by Gasteiger charge is -2.23. The second-order valence-corrected chi connectivity index (χ2v) is 5.70. The molecule has 0 fully saturated rings. The van der Waals surface area contributed by atoms with Crippen molar-refractivity contribution in [2.24, 2.45) is 0 Å². The predicted octanol–water partition coefficient (Wildman–Crippen LogP) is 3.30. The van der Waals surface area contributed by atoms with E-state index in [1.807, 2.05) is 22.9 Å². The Bertz CT molecular complexity index is 892. The summed E-state index contributed by atoms with van der Waals surface area (Å²) in [5.41, 5.74) is 1.37. The Morgan fingerprint density at radius 2 is 2.00 bits per heavy atom. The molecule has 0 amide bonds. The first-order valence-electron chi connectivity index (χ1n) is 6.52. The van der Waals surface area contributed by atoms with Crippen molar-refractivity contribution >= 4 is 28.3 Å². The molecule has 1 aliphatic heterocycles. The summed E-state index contributed by atoms with van der Waals surface area (Å²) in [7, 11) is 0. The summed E-state index contributed by atoms with van der Waals surface area (Å²) >= 11 is 1.53. The molecular formula is C16H10O4S. The van der Waals surface area contributed by atoms with Crippen LogP contribution in [0.3, 0.4) is 0 Å². The van der Waals surface area contributed by atoms with Crippen molar-refractivity contribution in [2.45, 2.75) is 12.3 Å². The highest BCUT2D eigenvalue weighted by Gasteiger charge is 2.33. The lowest BCUT2D eigenvalue weighted by molar-refractivity contribution is -0.135. The maximum absolute atomic E-state index is 12.3. The van der Waals surface area contributed by atoms with Crippen LogP contribution in [0.2, 0.25) is 0 Å². The van der Waals surface area contributed by atoms with Crippen LogP contribution in [0.25, 0.3) is 11.0 Å². The number of hydrogen-bond donors (Lipinski definition) is 0. The molecule has 5 heteroatoms. The molecule has 0 N–H and O–H groups in total. The quantitative estimate of drug-likeness (QED) is 0.511. The van der Waals surface area contributed by atoms with Gasteiger partial charge in [-0.3, -0.25) is 4.79 Å². The largest absolute Gasteiger partial charge is 0.425 e. The summed E-state index contributed by atoms with van der Waals surface area (Å²) in [6, 6.07) is 9.01. The molecule has 1 aromatic carbocycles. The summed E-state index contributed by atoms with van der Waals surface area (Å²) in [5, 5.41) is 4.53. The zero-order valence-corrected chi connectivity index (χ0v) is 11.7. The first-order valence-corrected chi connectivity index (χ1v) is 7.47. The van der Waals surface area contributed by atoms with Crippen LogP contribution in [0.1, 0.15) is 23.5 Å². The van der Waals surface area contributed by atoms with E-state index >= 15 is 0 Å². The van der Waals surface area contributed by atoms with E-state index in [9.17, 15) is 9.59 Å². The maximum Gasteiger partial charge on any atom is 0.343 e. The van der Waals surface area contributed by atoms with Gasteiger partial charge in [-0.25, -0.2) is 4.79 Å². The van der Waals surface area contributed by atoms with Crippen LogP contribution >= 0.6 is 11.3 Å². The SMILES string of the molecule is O=C1C[C@@H](c2ccsc2)c2c(c3ccccc3oc2=O)O1. The Morgan fingerprint density at radius 3 is 2.81 bits per heavy atom. The monoisotopic (exact) mass is 298 g/mol. The predicted molar refractivity (Wildman–Crippen MR) is 78.9 cm³/mol. The summed E-state index contributed by atoms with van der Waals surface area (Å²) in [6.07, 6.45) is 0.160. The molecule has 2 aromatic heterocycles. The number of rotatable bonds is 1. The van der Waals surface area contributed by atoms with Crippen molar-refractivity contribution in [3.8, 4) is 5.75 Å². The number of esters is 1.